The van der Waals surface area contributed by atoms with Gasteiger partial charge in [0.2, 0.25) is 0 Å². The molecule has 0 bridgehead atoms. The molecule has 0 saturated heterocycles. The molecule has 6 heteroatoms. The van der Waals surface area contributed by atoms with Gasteiger partial charge in [-0.05, 0) is 24.3 Å². The van der Waals surface area contributed by atoms with E-state index in [1.165, 1.54) is 0 Å². The minimum atomic E-state index is -0.532. The highest BCUT2D eigenvalue weighted by molar-refractivity contribution is 7.23. The molecule has 0 fully saturated rings. The number of hydroxylamine groups is 1. The van der Waals surface area contributed by atoms with Crippen LogP contribution >= 0.6 is 11.3 Å². The molecule has 114 valence electrons. The van der Waals surface area contributed by atoms with Gasteiger partial charge in [-0.15, -0.1) is 11.3 Å². The highest BCUT2D eigenvalue weighted by Gasteiger charge is 2.18. The van der Waals surface area contributed by atoms with Crippen LogP contribution in [0.4, 0.5) is 0 Å². The lowest BCUT2D eigenvalue weighted by Crippen LogP contribution is -2.18. The van der Waals surface area contributed by atoms with Crippen LogP contribution in [0.5, 0.6) is 0 Å². The predicted molar refractivity (Wildman–Crippen MR) is 86.5 cm³/mol. The lowest BCUT2D eigenvalue weighted by molar-refractivity contribution is 0.0706. The maximum atomic E-state index is 11.6. The lowest BCUT2D eigenvalue weighted by Gasteiger charge is -2.01. The first kappa shape index (κ1) is 13.8. The van der Waals surface area contributed by atoms with Crippen molar-refractivity contribution >= 4 is 27.3 Å². The third kappa shape index (κ3) is 2.25. The molecule has 0 aliphatic rings. The molecule has 0 saturated carbocycles. The molecule has 1 aromatic carbocycles. The normalized spacial score (nSPS) is 11.0. The number of carbonyl (C=O) groups excluding carboxylic acids is 1. The van der Waals surface area contributed by atoms with E-state index in [4.69, 9.17) is 14.0 Å². The molecule has 4 rings (SSSR count). The summed E-state index contributed by atoms with van der Waals surface area (Å²) in [6.07, 6.45) is 6.64. The van der Waals surface area contributed by atoms with E-state index in [2.05, 4.69) is 0 Å². The zero-order valence-electron chi connectivity index (χ0n) is 11.8. The van der Waals surface area contributed by atoms with Gasteiger partial charge in [0.1, 0.15) is 0 Å². The Morgan fingerprint density at radius 1 is 1.04 bits per heavy atom. The van der Waals surface area contributed by atoms with Crippen LogP contribution in [-0.4, -0.2) is 11.1 Å². The van der Waals surface area contributed by atoms with Crippen molar-refractivity contribution in [1.82, 2.24) is 5.48 Å². The van der Waals surface area contributed by atoms with Crippen LogP contribution < -0.4 is 5.48 Å². The number of hydrogen-bond acceptors (Lipinski definition) is 5. The second-order valence-corrected chi connectivity index (χ2v) is 6.03. The number of fused-ring (bicyclic) bond motifs is 1. The van der Waals surface area contributed by atoms with Crippen LogP contribution in [0.2, 0.25) is 0 Å². The largest absolute Gasteiger partial charge is 0.472 e. The van der Waals surface area contributed by atoms with E-state index in [-0.39, 0.29) is 0 Å². The van der Waals surface area contributed by atoms with Crippen molar-refractivity contribution in [3.05, 3.63) is 60.9 Å². The Balaban J connectivity index is 2.00. The summed E-state index contributed by atoms with van der Waals surface area (Å²) in [6.45, 7) is 0. The molecule has 0 unspecified atom stereocenters. The SMILES string of the molecule is O=C(NO)c1ccc2c(-c3ccoc3)c(-c3ccoc3)sc2c1. The van der Waals surface area contributed by atoms with Crippen LogP contribution in [0, 0.1) is 0 Å². The molecule has 2 N–H and O–H groups in total. The Bertz CT molecular complexity index is 968. The predicted octanol–water partition coefficient (Wildman–Crippen LogP) is 4.54. The standard InChI is InChI=1S/C17H11NO4S/c19-17(18-20)10-1-2-13-14(7-10)23-16(12-4-6-22-9-12)15(13)11-3-5-21-8-11/h1-9,20H,(H,18,19). The number of hydrogen-bond donors (Lipinski definition) is 2. The van der Waals surface area contributed by atoms with Crippen molar-refractivity contribution in [1.29, 1.82) is 0 Å². The molecular formula is C17H11NO4S. The van der Waals surface area contributed by atoms with Gasteiger partial charge in [0.15, 0.2) is 0 Å². The summed E-state index contributed by atoms with van der Waals surface area (Å²) in [5, 5.41) is 9.82. The summed E-state index contributed by atoms with van der Waals surface area (Å²) < 4.78 is 11.4. The first-order chi connectivity index (χ1) is 11.3. The highest BCUT2D eigenvalue weighted by Crippen LogP contribution is 2.45. The monoisotopic (exact) mass is 325 g/mol. The van der Waals surface area contributed by atoms with E-state index in [1.54, 1.807) is 54.0 Å². The Morgan fingerprint density at radius 2 is 1.78 bits per heavy atom. The smallest absolute Gasteiger partial charge is 0.274 e. The van der Waals surface area contributed by atoms with Crippen LogP contribution in [0.3, 0.4) is 0 Å². The second kappa shape index (κ2) is 5.42. The molecule has 0 radical (unpaired) electrons. The number of furan rings is 2. The Hall–Kier alpha value is -2.83. The summed E-state index contributed by atoms with van der Waals surface area (Å²) in [5.41, 5.74) is 5.03. The zero-order valence-corrected chi connectivity index (χ0v) is 12.6. The van der Waals surface area contributed by atoms with Gasteiger partial charge in [0, 0.05) is 37.2 Å². The lowest BCUT2D eigenvalue weighted by atomic mass is 10.0. The zero-order chi connectivity index (χ0) is 15.8. The molecule has 0 aliphatic carbocycles. The van der Waals surface area contributed by atoms with Crippen molar-refractivity contribution in [2.45, 2.75) is 0 Å². The van der Waals surface area contributed by atoms with Crippen LogP contribution in [0.15, 0.2) is 64.2 Å². The van der Waals surface area contributed by atoms with Gasteiger partial charge in [0.25, 0.3) is 5.91 Å². The molecule has 0 spiro atoms. The quantitative estimate of drug-likeness (QED) is 0.428. The van der Waals surface area contributed by atoms with Crippen LogP contribution in [0.1, 0.15) is 10.4 Å². The molecule has 3 aromatic heterocycles. The fourth-order valence-electron chi connectivity index (χ4n) is 2.59. The minimum Gasteiger partial charge on any atom is -0.472 e. The fourth-order valence-corrected chi connectivity index (χ4v) is 3.84. The maximum absolute atomic E-state index is 11.6. The van der Waals surface area contributed by atoms with E-state index in [0.717, 1.165) is 31.7 Å². The summed E-state index contributed by atoms with van der Waals surface area (Å²) >= 11 is 1.56. The Kier molecular flexibility index (Phi) is 3.25. The first-order valence-corrected chi connectivity index (χ1v) is 7.65. The molecular weight excluding hydrogens is 314 g/mol. The molecule has 4 aromatic rings. The Morgan fingerprint density at radius 3 is 2.43 bits per heavy atom. The van der Waals surface area contributed by atoms with Gasteiger partial charge in [0.05, 0.1) is 25.1 Å². The van der Waals surface area contributed by atoms with E-state index >= 15 is 0 Å². The Labute approximate surface area is 134 Å². The molecule has 5 nitrogen and oxygen atoms in total. The summed E-state index contributed by atoms with van der Waals surface area (Å²) in [4.78, 5) is 12.7. The number of rotatable bonds is 3. The summed E-state index contributed by atoms with van der Waals surface area (Å²) in [7, 11) is 0. The molecule has 3 heterocycles. The van der Waals surface area contributed by atoms with Gasteiger partial charge in [-0.3, -0.25) is 10.0 Å². The summed E-state index contributed by atoms with van der Waals surface area (Å²) in [5.74, 6) is -0.532. The van der Waals surface area contributed by atoms with E-state index in [1.807, 2.05) is 18.2 Å². The second-order valence-electron chi connectivity index (χ2n) is 4.98. The van der Waals surface area contributed by atoms with Crippen LogP contribution in [-0.2, 0) is 0 Å². The third-order valence-corrected chi connectivity index (χ3v) is 4.85. The topological polar surface area (TPSA) is 75.6 Å². The minimum absolute atomic E-state index is 0.402. The average molecular weight is 325 g/mol. The molecule has 0 atom stereocenters. The van der Waals surface area contributed by atoms with Crippen molar-refractivity contribution in [2.75, 3.05) is 0 Å². The van der Waals surface area contributed by atoms with Gasteiger partial charge >= 0.3 is 0 Å². The summed E-state index contributed by atoms with van der Waals surface area (Å²) in [6, 6.07) is 9.12. The van der Waals surface area contributed by atoms with Crippen molar-refractivity contribution < 1.29 is 18.8 Å². The molecule has 0 aliphatic heterocycles. The van der Waals surface area contributed by atoms with Crippen molar-refractivity contribution in [3.63, 3.8) is 0 Å². The van der Waals surface area contributed by atoms with E-state index in [0.29, 0.717) is 5.56 Å². The van der Waals surface area contributed by atoms with Crippen molar-refractivity contribution in [3.8, 4) is 21.6 Å². The number of nitrogens with one attached hydrogen (secondary N) is 1. The van der Waals surface area contributed by atoms with Gasteiger partial charge in [-0.2, -0.15) is 0 Å². The van der Waals surface area contributed by atoms with Gasteiger partial charge in [-0.25, -0.2) is 5.48 Å². The van der Waals surface area contributed by atoms with Crippen molar-refractivity contribution in [2.24, 2.45) is 0 Å². The fraction of sp³-hybridized carbons (Fsp3) is 0. The van der Waals surface area contributed by atoms with Gasteiger partial charge in [-0.1, -0.05) is 6.07 Å². The number of amides is 1. The van der Waals surface area contributed by atoms with Crippen LogP contribution in [0.25, 0.3) is 31.7 Å². The first-order valence-electron chi connectivity index (χ1n) is 6.84. The van der Waals surface area contributed by atoms with E-state index < -0.39 is 5.91 Å². The van der Waals surface area contributed by atoms with E-state index in [9.17, 15) is 4.79 Å². The average Bonchev–Trinajstić information content (AvgIpc) is 3.31. The maximum Gasteiger partial charge on any atom is 0.274 e. The molecule has 1 amide bonds. The molecule has 23 heavy (non-hydrogen) atoms. The van der Waals surface area contributed by atoms with Gasteiger partial charge < -0.3 is 8.83 Å². The third-order valence-electron chi connectivity index (χ3n) is 3.65. The number of thiophene rings is 1. The number of benzene rings is 1. The highest BCUT2D eigenvalue weighted by atomic mass is 32.1. The number of carbonyl (C=O) groups is 1.